The summed E-state index contributed by atoms with van der Waals surface area (Å²) in [5.74, 6) is 0.134. The molecule has 0 saturated heterocycles. The van der Waals surface area contributed by atoms with E-state index >= 15 is 0 Å². The molecule has 1 saturated carbocycles. The summed E-state index contributed by atoms with van der Waals surface area (Å²) in [5.41, 5.74) is 1.15. The van der Waals surface area contributed by atoms with Crippen molar-refractivity contribution < 1.29 is 9.59 Å². The Morgan fingerprint density at radius 2 is 2.06 bits per heavy atom. The highest BCUT2D eigenvalue weighted by Gasteiger charge is 2.28. The molecule has 84 valence electrons. The maximum Gasteiger partial charge on any atom is 0.220 e. The molecule has 1 fully saturated rings. The molecule has 1 aromatic rings. The topological polar surface area (TPSA) is 46.2 Å². The fourth-order valence-electron chi connectivity index (χ4n) is 1.73. The maximum atomic E-state index is 11.5. The summed E-state index contributed by atoms with van der Waals surface area (Å²) >= 11 is 0. The summed E-state index contributed by atoms with van der Waals surface area (Å²) in [7, 11) is 0. The van der Waals surface area contributed by atoms with Crippen LogP contribution in [-0.4, -0.2) is 17.7 Å². The van der Waals surface area contributed by atoms with Gasteiger partial charge in [-0.15, -0.1) is 0 Å². The Morgan fingerprint density at radius 1 is 1.31 bits per heavy atom. The van der Waals surface area contributed by atoms with E-state index in [1.54, 1.807) is 0 Å². The molecule has 16 heavy (non-hydrogen) atoms. The fourth-order valence-corrected chi connectivity index (χ4v) is 1.73. The van der Waals surface area contributed by atoms with Crippen LogP contribution in [0.3, 0.4) is 0 Å². The molecule has 0 aromatic heterocycles. The Kier molecular flexibility index (Phi) is 3.34. The highest BCUT2D eigenvalue weighted by atomic mass is 16.2. The molecule has 0 spiro atoms. The van der Waals surface area contributed by atoms with Crippen molar-refractivity contribution in [3.63, 3.8) is 0 Å². The Bertz CT molecular complexity index is 386. The molecule has 0 radical (unpaired) electrons. The van der Waals surface area contributed by atoms with Gasteiger partial charge in [0.2, 0.25) is 5.91 Å². The number of Topliss-reactive ketones (excluding diaryl/α,β-unsaturated/α-hetero) is 1. The van der Waals surface area contributed by atoms with Crippen molar-refractivity contribution in [1.82, 2.24) is 5.32 Å². The van der Waals surface area contributed by atoms with Crippen LogP contribution in [0.25, 0.3) is 0 Å². The van der Waals surface area contributed by atoms with E-state index in [1.165, 1.54) is 0 Å². The number of rotatable bonds is 4. The Hall–Kier alpha value is -1.64. The third-order valence-corrected chi connectivity index (χ3v) is 2.89. The minimum Gasteiger partial charge on any atom is -0.346 e. The summed E-state index contributed by atoms with van der Waals surface area (Å²) in [6.45, 7) is 0. The average Bonchev–Trinajstić information content (AvgIpc) is 2.33. The van der Waals surface area contributed by atoms with Crippen LogP contribution >= 0.6 is 0 Å². The number of nitrogens with one attached hydrogen (secondary N) is 1. The van der Waals surface area contributed by atoms with E-state index in [2.05, 4.69) is 5.32 Å². The largest absolute Gasteiger partial charge is 0.346 e. The first-order valence-electron chi connectivity index (χ1n) is 5.62. The van der Waals surface area contributed by atoms with E-state index in [0.29, 0.717) is 12.8 Å². The molecule has 0 unspecified atom stereocenters. The molecule has 0 aliphatic heterocycles. The summed E-state index contributed by atoms with van der Waals surface area (Å²) in [5, 5.41) is 2.75. The van der Waals surface area contributed by atoms with Gasteiger partial charge in [-0.3, -0.25) is 9.59 Å². The lowest BCUT2D eigenvalue weighted by atomic mass is 9.91. The van der Waals surface area contributed by atoms with Gasteiger partial charge < -0.3 is 5.32 Å². The van der Waals surface area contributed by atoms with Gasteiger partial charge in [0.05, 0.1) is 6.04 Å². The van der Waals surface area contributed by atoms with Gasteiger partial charge in [-0.05, 0) is 18.4 Å². The molecule has 3 heteroatoms. The molecular weight excluding hydrogens is 202 g/mol. The average molecular weight is 217 g/mol. The molecule has 3 nitrogen and oxygen atoms in total. The molecule has 1 amide bonds. The molecular formula is C13H15NO2. The number of hydrogen-bond donors (Lipinski definition) is 1. The number of benzene rings is 1. The molecule has 1 aliphatic rings. The van der Waals surface area contributed by atoms with Crippen molar-refractivity contribution >= 4 is 11.7 Å². The quantitative estimate of drug-likeness (QED) is 0.830. The van der Waals surface area contributed by atoms with E-state index in [0.717, 1.165) is 18.4 Å². The minimum atomic E-state index is -0.205. The highest BCUT2D eigenvalue weighted by Crippen LogP contribution is 2.14. The number of aryl methyl sites for hydroxylation is 1. The number of carbonyl (C=O) groups excluding carboxylic acids is 2. The van der Waals surface area contributed by atoms with E-state index in [1.807, 2.05) is 30.3 Å². The molecule has 2 rings (SSSR count). The number of amides is 1. The zero-order valence-corrected chi connectivity index (χ0v) is 9.11. The van der Waals surface area contributed by atoms with Gasteiger partial charge in [0.1, 0.15) is 0 Å². The smallest absolute Gasteiger partial charge is 0.220 e. The predicted octanol–water partition coefficient (Wildman–Crippen LogP) is 1.47. The van der Waals surface area contributed by atoms with Crippen molar-refractivity contribution in [3.05, 3.63) is 35.9 Å². The molecule has 1 aromatic carbocycles. The summed E-state index contributed by atoms with van der Waals surface area (Å²) in [4.78, 5) is 22.5. The van der Waals surface area contributed by atoms with Gasteiger partial charge in [-0.2, -0.15) is 0 Å². The van der Waals surface area contributed by atoms with Gasteiger partial charge in [0.25, 0.3) is 0 Å². The van der Waals surface area contributed by atoms with Gasteiger partial charge in [0.15, 0.2) is 5.78 Å². The number of ketones is 1. The monoisotopic (exact) mass is 217 g/mol. The zero-order chi connectivity index (χ0) is 11.4. The van der Waals surface area contributed by atoms with Gasteiger partial charge in [-0.25, -0.2) is 0 Å². The standard InChI is InChI=1S/C13H15NO2/c15-12-8-7-11(12)14-13(16)9-6-10-4-2-1-3-5-10/h1-5,11H,6-9H2,(H,14,16)/t11-/m1/s1. The van der Waals surface area contributed by atoms with Crippen molar-refractivity contribution in [2.24, 2.45) is 0 Å². The first kappa shape index (κ1) is 10.9. The molecule has 1 aliphatic carbocycles. The Labute approximate surface area is 94.9 Å². The predicted molar refractivity (Wildman–Crippen MR) is 60.9 cm³/mol. The van der Waals surface area contributed by atoms with E-state index in [4.69, 9.17) is 0 Å². The molecule has 1 N–H and O–H groups in total. The van der Waals surface area contributed by atoms with Crippen LogP contribution < -0.4 is 5.32 Å². The van der Waals surface area contributed by atoms with E-state index < -0.39 is 0 Å². The van der Waals surface area contributed by atoms with Crippen molar-refractivity contribution in [2.45, 2.75) is 31.7 Å². The summed E-state index contributed by atoms with van der Waals surface area (Å²) in [6.07, 6.45) is 2.60. The second-order valence-corrected chi connectivity index (χ2v) is 4.11. The van der Waals surface area contributed by atoms with Crippen molar-refractivity contribution in [2.75, 3.05) is 0 Å². The highest BCUT2D eigenvalue weighted by molar-refractivity contribution is 5.93. The van der Waals surface area contributed by atoms with Crippen molar-refractivity contribution in [1.29, 1.82) is 0 Å². The molecule has 0 heterocycles. The molecule has 1 atom stereocenters. The van der Waals surface area contributed by atoms with Crippen LogP contribution in [0.2, 0.25) is 0 Å². The maximum absolute atomic E-state index is 11.5. The number of hydrogen-bond acceptors (Lipinski definition) is 2. The van der Waals surface area contributed by atoms with Gasteiger partial charge in [0, 0.05) is 12.8 Å². The van der Waals surface area contributed by atoms with Crippen LogP contribution in [0.15, 0.2) is 30.3 Å². The second kappa shape index (κ2) is 4.92. The van der Waals surface area contributed by atoms with Crippen LogP contribution in [0.1, 0.15) is 24.8 Å². The van der Waals surface area contributed by atoms with Gasteiger partial charge in [-0.1, -0.05) is 30.3 Å². The zero-order valence-electron chi connectivity index (χ0n) is 9.11. The SMILES string of the molecule is O=C(CCc1ccccc1)N[C@@H]1CCC1=O. The van der Waals surface area contributed by atoms with Gasteiger partial charge >= 0.3 is 0 Å². The van der Waals surface area contributed by atoms with Crippen LogP contribution in [-0.2, 0) is 16.0 Å². The van der Waals surface area contributed by atoms with Crippen molar-refractivity contribution in [3.8, 4) is 0 Å². The third-order valence-electron chi connectivity index (χ3n) is 2.89. The lowest BCUT2D eigenvalue weighted by Crippen LogP contribution is -2.47. The number of carbonyl (C=O) groups is 2. The fraction of sp³-hybridized carbons (Fsp3) is 0.385. The Balaban J connectivity index is 1.74. The third kappa shape index (κ3) is 2.69. The Morgan fingerprint density at radius 3 is 2.62 bits per heavy atom. The normalized spacial score (nSPS) is 19.0. The molecule has 0 bridgehead atoms. The van der Waals surface area contributed by atoms with Crippen LogP contribution in [0, 0.1) is 0 Å². The first-order valence-corrected chi connectivity index (χ1v) is 5.62. The van der Waals surface area contributed by atoms with Crippen LogP contribution in [0.5, 0.6) is 0 Å². The second-order valence-electron chi connectivity index (χ2n) is 4.11. The summed E-state index contributed by atoms with van der Waals surface area (Å²) in [6, 6.07) is 9.68. The van der Waals surface area contributed by atoms with Crippen LogP contribution in [0.4, 0.5) is 0 Å². The summed E-state index contributed by atoms with van der Waals surface area (Å²) < 4.78 is 0. The minimum absolute atomic E-state index is 0.0260. The van der Waals surface area contributed by atoms with E-state index in [-0.39, 0.29) is 17.7 Å². The lowest BCUT2D eigenvalue weighted by molar-refractivity contribution is -0.132. The first-order chi connectivity index (χ1) is 7.75. The lowest BCUT2D eigenvalue weighted by Gasteiger charge is -2.24. The van der Waals surface area contributed by atoms with E-state index in [9.17, 15) is 9.59 Å².